The number of benzene rings is 1. The van der Waals surface area contributed by atoms with Gasteiger partial charge in [0.2, 0.25) is 27.7 Å². The molecule has 4 aliphatic rings. The number of hydrogen-bond acceptors (Lipinski definition) is 10. The van der Waals surface area contributed by atoms with Gasteiger partial charge in [0, 0.05) is 23.6 Å². The summed E-state index contributed by atoms with van der Waals surface area (Å²) in [6, 6.07) is 3.69. The number of fused-ring (bicyclic) bond motifs is 3. The Morgan fingerprint density at radius 3 is 2.55 bits per heavy atom. The van der Waals surface area contributed by atoms with Crippen LogP contribution in [-0.4, -0.2) is 79.6 Å². The third kappa shape index (κ3) is 6.75. The number of carbonyl (C=O) groups is 3. The number of aromatic nitrogens is 1. The molecule has 266 valence electrons. The monoisotopic (exact) mass is 696 g/mol. The lowest BCUT2D eigenvalue weighted by molar-refractivity contribution is -0.140. The molecule has 1 aromatic heterocycles. The maximum absolute atomic E-state index is 14.3. The highest BCUT2D eigenvalue weighted by Gasteiger charge is 2.62. The fraction of sp³-hybridized carbons (Fsp3) is 0.611. The minimum Gasteiger partial charge on any atom is -0.497 e. The summed E-state index contributed by atoms with van der Waals surface area (Å²) in [5.74, 6) is 0.0478. The Hall–Kier alpha value is -3.71. The number of nitrogens with zero attached hydrogens (tertiary/aromatic N) is 2. The molecule has 0 unspecified atom stereocenters. The molecule has 2 saturated carbocycles. The topological polar surface area (TPSA) is 167 Å². The predicted octanol–water partition coefficient (Wildman–Crippen LogP) is 3.90. The van der Waals surface area contributed by atoms with Gasteiger partial charge in [-0.1, -0.05) is 26.0 Å². The minimum absolute atomic E-state index is 0.103. The number of methoxy groups -OCH3 is 2. The third-order valence-corrected chi connectivity index (χ3v) is 13.4. The van der Waals surface area contributed by atoms with Gasteiger partial charge >= 0.3 is 0 Å². The molecule has 0 bridgehead atoms. The summed E-state index contributed by atoms with van der Waals surface area (Å²) < 4.78 is 44.9. The average Bonchev–Trinajstić information content (AvgIpc) is 3.95. The normalized spacial score (nSPS) is 32.2. The first-order valence-corrected chi connectivity index (χ1v) is 18.7. The number of carbonyl (C=O) groups excluding carboxylic acids is 3. The Morgan fingerprint density at radius 1 is 1.10 bits per heavy atom. The van der Waals surface area contributed by atoms with Crippen molar-refractivity contribution in [1.82, 2.24) is 14.6 Å². The van der Waals surface area contributed by atoms with Crippen LogP contribution in [0.25, 0.3) is 10.8 Å². The van der Waals surface area contributed by atoms with E-state index in [1.165, 1.54) is 4.90 Å². The van der Waals surface area contributed by atoms with Gasteiger partial charge < -0.3 is 24.8 Å². The molecule has 2 aromatic rings. The zero-order valence-electron chi connectivity index (χ0n) is 28.9. The molecule has 3 fully saturated rings. The van der Waals surface area contributed by atoms with Crippen molar-refractivity contribution in [3.63, 3.8) is 0 Å². The second kappa shape index (κ2) is 13.2. The van der Waals surface area contributed by atoms with Gasteiger partial charge in [0.15, 0.2) is 5.78 Å². The van der Waals surface area contributed by atoms with Crippen LogP contribution in [0, 0.1) is 23.2 Å². The number of hydrogen-bond donors (Lipinski definition) is 2. The highest BCUT2D eigenvalue weighted by atomic mass is 32.2. The number of ether oxygens (including phenoxy) is 3. The average molecular weight is 697 g/mol. The Labute approximate surface area is 288 Å². The molecule has 6 rings (SSSR count). The van der Waals surface area contributed by atoms with Crippen LogP contribution in [0.3, 0.4) is 0 Å². The van der Waals surface area contributed by atoms with Crippen molar-refractivity contribution >= 4 is 38.4 Å². The number of rotatable bonds is 7. The van der Waals surface area contributed by atoms with Crippen molar-refractivity contribution < 1.29 is 37.0 Å². The fourth-order valence-corrected chi connectivity index (χ4v) is 8.80. The van der Waals surface area contributed by atoms with Crippen LogP contribution in [0.5, 0.6) is 17.4 Å². The van der Waals surface area contributed by atoms with E-state index >= 15 is 0 Å². The smallest absolute Gasteiger partial charge is 0.240 e. The highest BCUT2D eigenvalue weighted by Crippen LogP contribution is 2.57. The first kappa shape index (κ1) is 35.1. The van der Waals surface area contributed by atoms with Gasteiger partial charge in [-0.2, -0.15) is 0 Å². The molecule has 49 heavy (non-hydrogen) atoms. The SMILES string of the molecule is COc1ccc2c(O[C@@H]3C[C@H]4C(=O)C[C@]5(C(=O)NS(=O)(=O)C6(C)CC6)C[C@H]5/C=C\CC[C@@H](C)C[C@@H](C)[C@H](N)C(=O)N4C3)ncc(OC)c2c1. The number of pyridine rings is 1. The van der Waals surface area contributed by atoms with E-state index in [2.05, 4.69) is 16.6 Å². The molecule has 1 aromatic carbocycles. The van der Waals surface area contributed by atoms with Crippen molar-refractivity contribution in [2.45, 2.75) is 95.1 Å². The molecule has 2 aliphatic heterocycles. The number of nitrogens with two attached hydrogens (primary N) is 1. The van der Waals surface area contributed by atoms with E-state index in [1.54, 1.807) is 33.4 Å². The lowest BCUT2D eigenvalue weighted by Crippen LogP contribution is -2.52. The lowest BCUT2D eigenvalue weighted by atomic mass is 9.88. The minimum atomic E-state index is -3.91. The first-order chi connectivity index (χ1) is 23.2. The van der Waals surface area contributed by atoms with E-state index < -0.39 is 44.3 Å². The molecule has 12 nitrogen and oxygen atoms in total. The molecular weight excluding hydrogens is 648 g/mol. The predicted molar refractivity (Wildman–Crippen MR) is 184 cm³/mol. The third-order valence-electron chi connectivity index (χ3n) is 11.2. The van der Waals surface area contributed by atoms with Gasteiger partial charge in [0.25, 0.3) is 0 Å². The Kier molecular flexibility index (Phi) is 9.46. The van der Waals surface area contributed by atoms with E-state index in [0.717, 1.165) is 24.6 Å². The van der Waals surface area contributed by atoms with Gasteiger partial charge in [-0.3, -0.25) is 19.1 Å². The number of allylic oxidation sites excluding steroid dienone is 2. The molecule has 0 radical (unpaired) electrons. The van der Waals surface area contributed by atoms with Crippen LogP contribution in [0.1, 0.15) is 72.1 Å². The van der Waals surface area contributed by atoms with Gasteiger partial charge in [0.1, 0.15) is 17.6 Å². The molecule has 1 saturated heterocycles. The summed E-state index contributed by atoms with van der Waals surface area (Å²) in [6.07, 6.45) is 8.60. The molecule has 2 amide bonds. The zero-order chi connectivity index (χ0) is 35.3. The van der Waals surface area contributed by atoms with Crippen molar-refractivity contribution in [2.24, 2.45) is 28.9 Å². The largest absolute Gasteiger partial charge is 0.497 e. The Bertz CT molecular complexity index is 1780. The van der Waals surface area contributed by atoms with Crippen molar-refractivity contribution in [3.8, 4) is 17.4 Å². The van der Waals surface area contributed by atoms with Crippen molar-refractivity contribution in [1.29, 1.82) is 0 Å². The fourth-order valence-electron chi connectivity index (χ4n) is 7.47. The van der Waals surface area contributed by atoms with Crippen LogP contribution in [0.4, 0.5) is 0 Å². The summed E-state index contributed by atoms with van der Waals surface area (Å²) in [4.78, 5) is 48.2. The molecule has 0 spiro atoms. The summed E-state index contributed by atoms with van der Waals surface area (Å²) in [5, 5.41) is 1.41. The number of Topliss-reactive ketones (excluding diaryl/α,β-unsaturated/α-hetero) is 1. The number of nitrogens with one attached hydrogen (secondary N) is 1. The maximum Gasteiger partial charge on any atom is 0.240 e. The number of amides is 2. The second-order valence-electron chi connectivity index (χ2n) is 14.9. The quantitative estimate of drug-likeness (QED) is 0.405. The van der Waals surface area contributed by atoms with Gasteiger partial charge in [-0.05, 0) is 81.4 Å². The Morgan fingerprint density at radius 2 is 1.86 bits per heavy atom. The standard InChI is InChI=1S/C36H48N4O8S/c1-21-8-6-7-9-23-17-36(23,34(43)39-49(44,45)35(3)12-13-35)18-29(41)28-16-25(20-40(28)33(42)31(37)22(2)14-21)48-32-26-11-10-24(46-4)15-27(26)30(47-5)19-38-32/h7,9-11,15,19,21-23,25,28,31H,6,8,12-14,16-18,20,37H2,1-5H3,(H,39,43)/b9-7-/t21-,22-,23-,25-,28+,31+,36-/m1/s1. The van der Waals surface area contributed by atoms with Gasteiger partial charge in [-0.25, -0.2) is 13.4 Å². The summed E-state index contributed by atoms with van der Waals surface area (Å²) >= 11 is 0. The van der Waals surface area contributed by atoms with E-state index in [9.17, 15) is 22.8 Å². The van der Waals surface area contributed by atoms with Crippen LogP contribution in [0.2, 0.25) is 0 Å². The van der Waals surface area contributed by atoms with E-state index in [4.69, 9.17) is 19.9 Å². The molecule has 7 atom stereocenters. The van der Waals surface area contributed by atoms with Crippen LogP contribution in [0.15, 0.2) is 36.5 Å². The summed E-state index contributed by atoms with van der Waals surface area (Å²) in [7, 11) is -0.781. The van der Waals surface area contributed by atoms with Gasteiger partial charge in [0.05, 0.1) is 49.2 Å². The van der Waals surface area contributed by atoms with Gasteiger partial charge in [-0.15, -0.1) is 0 Å². The molecule has 13 heteroatoms. The first-order valence-electron chi connectivity index (χ1n) is 17.2. The van der Waals surface area contributed by atoms with E-state index in [-0.39, 0.29) is 42.9 Å². The molecule has 3 N–H and O–H groups in total. The van der Waals surface area contributed by atoms with Crippen molar-refractivity contribution in [2.75, 3.05) is 20.8 Å². The lowest BCUT2D eigenvalue weighted by Gasteiger charge is -2.30. The molecule has 2 aliphatic carbocycles. The van der Waals surface area contributed by atoms with E-state index in [1.807, 2.05) is 31.2 Å². The number of sulfonamides is 1. The van der Waals surface area contributed by atoms with Crippen molar-refractivity contribution in [3.05, 3.63) is 36.5 Å². The summed E-state index contributed by atoms with van der Waals surface area (Å²) in [6.45, 7) is 5.82. The van der Waals surface area contributed by atoms with Crippen LogP contribution < -0.4 is 24.7 Å². The highest BCUT2D eigenvalue weighted by molar-refractivity contribution is 7.91. The molecular formula is C36H48N4O8S. The summed E-state index contributed by atoms with van der Waals surface area (Å²) in [5.41, 5.74) is 5.38. The zero-order valence-corrected chi connectivity index (χ0v) is 29.8. The maximum atomic E-state index is 14.3. The Balaban J connectivity index is 1.31. The van der Waals surface area contributed by atoms with E-state index in [0.29, 0.717) is 47.9 Å². The van der Waals surface area contributed by atoms with Crippen LogP contribution in [-0.2, 0) is 24.4 Å². The second-order valence-corrected chi connectivity index (χ2v) is 17.1. The van der Waals surface area contributed by atoms with Crippen LogP contribution >= 0.6 is 0 Å². The number of ketones is 1. The molecule has 3 heterocycles.